The van der Waals surface area contributed by atoms with Crippen LogP contribution in [-0.4, -0.2) is 20.5 Å². The van der Waals surface area contributed by atoms with Gasteiger partial charge in [-0.1, -0.05) is 23.2 Å². The fourth-order valence-electron chi connectivity index (χ4n) is 2.11. The van der Waals surface area contributed by atoms with Crippen molar-refractivity contribution >= 4 is 46.1 Å². The highest BCUT2D eigenvalue weighted by Gasteiger charge is 2.18. The summed E-state index contributed by atoms with van der Waals surface area (Å²) in [5.74, 6) is -0.344. The minimum absolute atomic E-state index is 0.273. The molecule has 0 saturated heterocycles. The molecule has 0 aliphatic carbocycles. The maximum atomic E-state index is 12.5. The SMILES string of the molecule is Cc1nn2cccnc2c1C(=O)Nc1cc(Cl)c(N)c(Cl)c1. The number of benzene rings is 1. The van der Waals surface area contributed by atoms with Crippen LogP contribution in [0.1, 0.15) is 16.1 Å². The smallest absolute Gasteiger partial charge is 0.261 e. The van der Waals surface area contributed by atoms with Crippen LogP contribution in [0.25, 0.3) is 5.65 Å². The number of hydrogen-bond acceptors (Lipinski definition) is 4. The van der Waals surface area contributed by atoms with E-state index in [-0.39, 0.29) is 21.6 Å². The van der Waals surface area contributed by atoms with Gasteiger partial charge < -0.3 is 11.1 Å². The molecule has 0 aliphatic rings. The van der Waals surface area contributed by atoms with Crippen molar-refractivity contribution in [3.05, 3.63) is 51.9 Å². The Bertz CT molecular complexity index is 867. The number of carbonyl (C=O) groups is 1. The van der Waals surface area contributed by atoms with E-state index in [2.05, 4.69) is 15.4 Å². The van der Waals surface area contributed by atoms with Crippen molar-refractivity contribution in [1.82, 2.24) is 14.6 Å². The Kier molecular flexibility index (Phi) is 3.64. The number of carbonyl (C=O) groups excluding carboxylic acids is 1. The number of aromatic nitrogens is 3. The highest BCUT2D eigenvalue weighted by molar-refractivity contribution is 6.39. The molecule has 0 fully saturated rings. The van der Waals surface area contributed by atoms with Crippen molar-refractivity contribution in [2.75, 3.05) is 11.1 Å². The second kappa shape index (κ2) is 5.47. The number of rotatable bonds is 2. The highest BCUT2D eigenvalue weighted by Crippen LogP contribution is 2.31. The van der Waals surface area contributed by atoms with Crippen LogP contribution in [0.5, 0.6) is 0 Å². The molecule has 1 amide bonds. The van der Waals surface area contributed by atoms with Crippen molar-refractivity contribution in [3.8, 4) is 0 Å². The van der Waals surface area contributed by atoms with Crippen molar-refractivity contribution < 1.29 is 4.79 Å². The molecule has 2 heterocycles. The fourth-order valence-corrected chi connectivity index (χ4v) is 2.60. The Morgan fingerprint density at radius 3 is 2.68 bits per heavy atom. The van der Waals surface area contributed by atoms with Crippen molar-refractivity contribution in [2.24, 2.45) is 0 Å². The highest BCUT2D eigenvalue weighted by atomic mass is 35.5. The monoisotopic (exact) mass is 335 g/mol. The summed E-state index contributed by atoms with van der Waals surface area (Å²) in [6, 6.07) is 4.81. The molecule has 3 aromatic rings. The zero-order valence-corrected chi connectivity index (χ0v) is 13.0. The van der Waals surface area contributed by atoms with Gasteiger partial charge in [0.2, 0.25) is 0 Å². The number of aryl methyl sites for hydroxylation is 1. The van der Waals surface area contributed by atoms with E-state index in [1.807, 2.05) is 0 Å². The standard InChI is InChI=1S/C14H11Cl2N5O/c1-7-11(13-18-3-2-4-21(13)20-7)14(22)19-8-5-9(15)12(17)10(16)6-8/h2-6H,17H2,1H3,(H,19,22). The molecular formula is C14H11Cl2N5O. The van der Waals surface area contributed by atoms with Crippen molar-refractivity contribution in [1.29, 1.82) is 0 Å². The molecule has 0 unspecified atom stereocenters. The predicted octanol–water partition coefficient (Wildman–Crippen LogP) is 3.18. The third-order valence-electron chi connectivity index (χ3n) is 3.13. The molecule has 6 nitrogen and oxygen atoms in total. The summed E-state index contributed by atoms with van der Waals surface area (Å²) >= 11 is 11.9. The topological polar surface area (TPSA) is 85.3 Å². The maximum absolute atomic E-state index is 12.5. The molecule has 3 rings (SSSR count). The maximum Gasteiger partial charge on any atom is 0.261 e. The van der Waals surface area contributed by atoms with E-state index in [1.54, 1.807) is 29.9 Å². The van der Waals surface area contributed by atoms with Crippen LogP contribution in [0.4, 0.5) is 11.4 Å². The molecule has 22 heavy (non-hydrogen) atoms. The average Bonchev–Trinajstić information content (AvgIpc) is 2.80. The van der Waals surface area contributed by atoms with Gasteiger partial charge in [0.25, 0.3) is 5.91 Å². The minimum Gasteiger partial charge on any atom is -0.396 e. The first-order chi connectivity index (χ1) is 10.5. The van der Waals surface area contributed by atoms with E-state index >= 15 is 0 Å². The first-order valence-corrected chi connectivity index (χ1v) is 7.09. The summed E-state index contributed by atoms with van der Waals surface area (Å²) in [6.07, 6.45) is 3.33. The summed E-state index contributed by atoms with van der Waals surface area (Å²) in [6.45, 7) is 1.74. The molecule has 0 saturated carbocycles. The lowest BCUT2D eigenvalue weighted by atomic mass is 10.2. The van der Waals surface area contributed by atoms with E-state index in [4.69, 9.17) is 28.9 Å². The van der Waals surface area contributed by atoms with Gasteiger partial charge in [-0.25, -0.2) is 9.50 Å². The summed E-state index contributed by atoms with van der Waals surface area (Å²) in [5, 5.41) is 7.53. The van der Waals surface area contributed by atoms with Gasteiger partial charge in [0.1, 0.15) is 5.56 Å². The lowest BCUT2D eigenvalue weighted by Crippen LogP contribution is -2.13. The van der Waals surface area contributed by atoms with Gasteiger partial charge in [0.05, 0.1) is 21.4 Å². The van der Waals surface area contributed by atoms with E-state index in [0.29, 0.717) is 22.6 Å². The van der Waals surface area contributed by atoms with Crippen molar-refractivity contribution in [2.45, 2.75) is 6.92 Å². The lowest BCUT2D eigenvalue weighted by Gasteiger charge is -2.08. The van der Waals surface area contributed by atoms with Gasteiger partial charge in [0.15, 0.2) is 5.65 Å². The third kappa shape index (κ3) is 2.47. The number of halogens is 2. The van der Waals surface area contributed by atoms with Crippen LogP contribution < -0.4 is 11.1 Å². The summed E-state index contributed by atoms with van der Waals surface area (Å²) in [7, 11) is 0. The van der Waals surface area contributed by atoms with E-state index in [9.17, 15) is 4.79 Å². The number of fused-ring (bicyclic) bond motifs is 1. The number of nitrogens with two attached hydrogens (primary N) is 1. The van der Waals surface area contributed by atoms with Gasteiger partial charge in [-0.05, 0) is 25.1 Å². The Hall–Kier alpha value is -2.31. The van der Waals surface area contributed by atoms with Crippen LogP contribution in [-0.2, 0) is 0 Å². The van der Waals surface area contributed by atoms with Gasteiger partial charge in [0, 0.05) is 18.1 Å². The molecule has 0 aliphatic heterocycles. The van der Waals surface area contributed by atoms with Crippen LogP contribution in [0.2, 0.25) is 10.0 Å². The molecule has 1 aromatic carbocycles. The molecule has 0 radical (unpaired) electrons. The largest absolute Gasteiger partial charge is 0.396 e. The number of nitrogen functional groups attached to an aromatic ring is 1. The number of anilines is 2. The van der Waals surface area contributed by atoms with Crippen molar-refractivity contribution in [3.63, 3.8) is 0 Å². The Morgan fingerprint density at radius 1 is 1.32 bits per heavy atom. The number of nitrogens with one attached hydrogen (secondary N) is 1. The predicted molar refractivity (Wildman–Crippen MR) is 86.6 cm³/mol. The van der Waals surface area contributed by atoms with E-state index in [0.717, 1.165) is 0 Å². The average molecular weight is 336 g/mol. The Balaban J connectivity index is 1.99. The quantitative estimate of drug-likeness (QED) is 0.704. The molecule has 0 spiro atoms. The Morgan fingerprint density at radius 2 is 2.00 bits per heavy atom. The second-order valence-electron chi connectivity index (χ2n) is 4.66. The molecule has 0 bridgehead atoms. The van der Waals surface area contributed by atoms with Gasteiger partial charge in [-0.15, -0.1) is 0 Å². The zero-order chi connectivity index (χ0) is 15.9. The van der Waals surface area contributed by atoms with Crippen LogP contribution in [0.3, 0.4) is 0 Å². The molecular weight excluding hydrogens is 325 g/mol. The van der Waals surface area contributed by atoms with Gasteiger partial charge in [-0.2, -0.15) is 5.10 Å². The van der Waals surface area contributed by atoms with Crippen LogP contribution >= 0.6 is 23.2 Å². The number of nitrogens with zero attached hydrogens (tertiary/aromatic N) is 3. The molecule has 2 aromatic heterocycles. The molecule has 3 N–H and O–H groups in total. The second-order valence-corrected chi connectivity index (χ2v) is 5.47. The molecule has 112 valence electrons. The third-order valence-corrected chi connectivity index (χ3v) is 3.76. The lowest BCUT2D eigenvalue weighted by molar-refractivity contribution is 0.102. The molecule has 0 atom stereocenters. The Labute approximate surface area is 135 Å². The normalized spacial score (nSPS) is 10.9. The zero-order valence-electron chi connectivity index (χ0n) is 11.5. The van der Waals surface area contributed by atoms with Gasteiger partial charge in [-0.3, -0.25) is 4.79 Å². The number of hydrogen-bond donors (Lipinski definition) is 2. The first kappa shape index (κ1) is 14.6. The summed E-state index contributed by atoms with van der Waals surface area (Å²) in [5.41, 5.74) is 7.84. The van der Waals surface area contributed by atoms with Crippen LogP contribution in [0.15, 0.2) is 30.6 Å². The van der Waals surface area contributed by atoms with E-state index < -0.39 is 0 Å². The molecule has 8 heteroatoms. The minimum atomic E-state index is -0.344. The number of amides is 1. The van der Waals surface area contributed by atoms with E-state index in [1.165, 1.54) is 12.1 Å². The first-order valence-electron chi connectivity index (χ1n) is 6.33. The summed E-state index contributed by atoms with van der Waals surface area (Å²) in [4.78, 5) is 16.7. The van der Waals surface area contributed by atoms with Crippen LogP contribution in [0, 0.1) is 6.92 Å². The fraction of sp³-hybridized carbons (Fsp3) is 0.0714. The summed E-state index contributed by atoms with van der Waals surface area (Å²) < 4.78 is 1.55. The van der Waals surface area contributed by atoms with Gasteiger partial charge >= 0.3 is 0 Å².